The standard InChI is InChI=1S/C25H33N3O3S2/c1-6-8-18-11-13-20-21(26-17(18)4)9-7-10-22(20)27-25(32)28-23-15-19(33(5,29)30)12-14-24(23)31-16(2)3/h7,9-10,12,14-16,18H,6,8,11,13H2,1-5H3,(H2,27,28,32). The zero-order valence-electron chi connectivity index (χ0n) is 19.9. The van der Waals surface area contributed by atoms with Gasteiger partial charge in [0.05, 0.1) is 22.4 Å². The first-order valence-electron chi connectivity index (χ1n) is 11.3. The molecule has 2 aromatic rings. The van der Waals surface area contributed by atoms with Gasteiger partial charge in [0.2, 0.25) is 0 Å². The molecule has 0 bridgehead atoms. The number of nitrogens with zero attached hydrogens (tertiary/aromatic N) is 1. The molecule has 178 valence electrons. The quantitative estimate of drug-likeness (QED) is 0.457. The van der Waals surface area contributed by atoms with Crippen molar-refractivity contribution in [3.63, 3.8) is 0 Å². The molecule has 0 radical (unpaired) electrons. The third kappa shape index (κ3) is 6.54. The Morgan fingerprint density at radius 3 is 2.61 bits per heavy atom. The Kier molecular flexibility index (Phi) is 8.13. The molecule has 6 nitrogen and oxygen atoms in total. The van der Waals surface area contributed by atoms with Crippen LogP contribution in [-0.4, -0.2) is 31.6 Å². The molecule has 0 saturated carbocycles. The lowest BCUT2D eigenvalue weighted by atomic mass is 9.92. The van der Waals surface area contributed by atoms with Gasteiger partial charge in [-0.1, -0.05) is 19.4 Å². The summed E-state index contributed by atoms with van der Waals surface area (Å²) in [5, 5.41) is 6.78. The van der Waals surface area contributed by atoms with E-state index in [1.54, 1.807) is 18.2 Å². The fourth-order valence-electron chi connectivity index (χ4n) is 4.04. The summed E-state index contributed by atoms with van der Waals surface area (Å²) in [7, 11) is -3.37. The molecule has 3 rings (SSSR count). The van der Waals surface area contributed by atoms with Crippen LogP contribution in [0.25, 0.3) is 0 Å². The first kappa shape index (κ1) is 25.2. The van der Waals surface area contributed by atoms with E-state index in [2.05, 4.69) is 24.5 Å². The minimum Gasteiger partial charge on any atom is -0.489 e. The minimum atomic E-state index is -3.37. The van der Waals surface area contributed by atoms with Crippen LogP contribution in [0.3, 0.4) is 0 Å². The Morgan fingerprint density at radius 1 is 1.21 bits per heavy atom. The molecule has 0 spiro atoms. The number of nitrogens with one attached hydrogen (secondary N) is 2. The van der Waals surface area contributed by atoms with E-state index in [1.165, 1.54) is 12.0 Å². The number of rotatable bonds is 7. The molecule has 0 fully saturated rings. The minimum absolute atomic E-state index is 0.0711. The summed E-state index contributed by atoms with van der Waals surface area (Å²) in [6.45, 7) is 8.15. The van der Waals surface area contributed by atoms with Gasteiger partial charge in [-0.15, -0.1) is 0 Å². The number of anilines is 2. The van der Waals surface area contributed by atoms with Gasteiger partial charge < -0.3 is 15.4 Å². The molecule has 1 aliphatic heterocycles. The van der Waals surface area contributed by atoms with E-state index in [4.69, 9.17) is 21.9 Å². The zero-order valence-corrected chi connectivity index (χ0v) is 21.6. The van der Waals surface area contributed by atoms with Gasteiger partial charge in [-0.05, 0) is 88.5 Å². The summed E-state index contributed by atoms with van der Waals surface area (Å²) < 4.78 is 30.0. The highest BCUT2D eigenvalue weighted by Gasteiger charge is 2.20. The number of ether oxygens (including phenoxy) is 1. The highest BCUT2D eigenvalue weighted by atomic mass is 32.2. The summed E-state index contributed by atoms with van der Waals surface area (Å²) in [5.74, 6) is 1.03. The van der Waals surface area contributed by atoms with Crippen LogP contribution in [0, 0.1) is 5.92 Å². The van der Waals surface area contributed by atoms with Gasteiger partial charge in [-0.3, -0.25) is 4.99 Å². The van der Waals surface area contributed by atoms with Crippen molar-refractivity contribution in [3.05, 3.63) is 42.0 Å². The first-order chi connectivity index (χ1) is 15.6. The molecule has 33 heavy (non-hydrogen) atoms. The lowest BCUT2D eigenvalue weighted by Gasteiger charge is -2.19. The number of fused-ring (bicyclic) bond motifs is 1. The van der Waals surface area contributed by atoms with Crippen molar-refractivity contribution >= 4 is 49.9 Å². The predicted octanol–water partition coefficient (Wildman–Crippen LogP) is 6.14. The molecule has 1 aliphatic rings. The number of sulfone groups is 1. The number of aliphatic imine (C=N–C) groups is 1. The van der Waals surface area contributed by atoms with E-state index in [0.29, 0.717) is 22.5 Å². The fourth-order valence-corrected chi connectivity index (χ4v) is 4.91. The zero-order chi connectivity index (χ0) is 24.2. The molecule has 8 heteroatoms. The van der Waals surface area contributed by atoms with E-state index in [-0.39, 0.29) is 11.0 Å². The lowest BCUT2D eigenvalue weighted by Crippen LogP contribution is -2.21. The fraction of sp³-hybridized carbons (Fsp3) is 0.440. The van der Waals surface area contributed by atoms with E-state index in [0.717, 1.165) is 42.6 Å². The second kappa shape index (κ2) is 10.7. The Balaban J connectivity index is 1.85. The van der Waals surface area contributed by atoms with Crippen LogP contribution in [0.4, 0.5) is 17.1 Å². The molecule has 0 aliphatic carbocycles. The molecule has 0 aromatic heterocycles. The van der Waals surface area contributed by atoms with Gasteiger partial charge in [0.15, 0.2) is 14.9 Å². The molecule has 2 aromatic carbocycles. The Morgan fingerprint density at radius 2 is 1.94 bits per heavy atom. The van der Waals surface area contributed by atoms with Crippen LogP contribution in [0.15, 0.2) is 46.3 Å². The largest absolute Gasteiger partial charge is 0.489 e. The molecular weight excluding hydrogens is 454 g/mol. The molecule has 0 saturated heterocycles. The summed E-state index contributed by atoms with van der Waals surface area (Å²) in [6.07, 6.45) is 5.36. The van der Waals surface area contributed by atoms with Crippen molar-refractivity contribution in [3.8, 4) is 5.75 Å². The number of hydrogen-bond donors (Lipinski definition) is 2. The molecule has 1 heterocycles. The molecule has 1 unspecified atom stereocenters. The molecule has 1 atom stereocenters. The van der Waals surface area contributed by atoms with Crippen LogP contribution in [0.2, 0.25) is 0 Å². The van der Waals surface area contributed by atoms with Crippen LogP contribution in [0.5, 0.6) is 5.75 Å². The van der Waals surface area contributed by atoms with Crippen LogP contribution in [-0.2, 0) is 16.3 Å². The van der Waals surface area contributed by atoms with Gasteiger partial charge in [0.25, 0.3) is 0 Å². The number of benzene rings is 2. The topological polar surface area (TPSA) is 79.8 Å². The smallest absolute Gasteiger partial charge is 0.175 e. The normalized spacial score (nSPS) is 15.9. The van der Waals surface area contributed by atoms with Crippen molar-refractivity contribution in [2.75, 3.05) is 16.9 Å². The monoisotopic (exact) mass is 487 g/mol. The first-order valence-corrected chi connectivity index (χ1v) is 13.6. The van der Waals surface area contributed by atoms with Gasteiger partial charge in [-0.25, -0.2) is 8.42 Å². The maximum absolute atomic E-state index is 12.1. The molecular formula is C25H33N3O3S2. The van der Waals surface area contributed by atoms with Gasteiger partial charge in [0.1, 0.15) is 5.75 Å². The van der Waals surface area contributed by atoms with Crippen LogP contribution >= 0.6 is 12.2 Å². The maximum atomic E-state index is 12.1. The third-order valence-electron chi connectivity index (χ3n) is 5.66. The van der Waals surface area contributed by atoms with Crippen LogP contribution in [0.1, 0.15) is 52.5 Å². The van der Waals surface area contributed by atoms with E-state index < -0.39 is 9.84 Å². The number of hydrogen-bond acceptors (Lipinski definition) is 5. The SMILES string of the molecule is CCCC1CCc2c(cccc2NC(=S)Nc2cc(S(C)(=O)=O)ccc2OC(C)C)N=C1C. The van der Waals surface area contributed by atoms with Crippen molar-refractivity contribution in [1.82, 2.24) is 0 Å². The van der Waals surface area contributed by atoms with E-state index in [1.807, 2.05) is 32.0 Å². The summed E-state index contributed by atoms with van der Waals surface area (Å²) >= 11 is 5.59. The van der Waals surface area contributed by atoms with Crippen molar-refractivity contribution in [2.45, 2.75) is 64.4 Å². The second-order valence-electron chi connectivity index (χ2n) is 8.76. The highest BCUT2D eigenvalue weighted by Crippen LogP contribution is 2.35. The van der Waals surface area contributed by atoms with Crippen molar-refractivity contribution in [2.24, 2.45) is 10.9 Å². The van der Waals surface area contributed by atoms with Gasteiger partial charge in [-0.2, -0.15) is 0 Å². The Labute approximate surface area is 202 Å². The average molecular weight is 488 g/mol. The average Bonchev–Trinajstić information content (AvgIpc) is 2.88. The predicted molar refractivity (Wildman–Crippen MR) is 141 cm³/mol. The molecule has 0 amide bonds. The summed E-state index contributed by atoms with van der Waals surface area (Å²) in [6, 6.07) is 10.8. The summed E-state index contributed by atoms with van der Waals surface area (Å²) in [4.78, 5) is 5.10. The molecule has 2 N–H and O–H groups in total. The number of thiocarbonyl (C=S) groups is 1. The second-order valence-corrected chi connectivity index (χ2v) is 11.2. The van der Waals surface area contributed by atoms with E-state index in [9.17, 15) is 8.42 Å². The Hall–Kier alpha value is -2.45. The lowest BCUT2D eigenvalue weighted by molar-refractivity contribution is 0.243. The van der Waals surface area contributed by atoms with Gasteiger partial charge in [0, 0.05) is 23.2 Å². The Bertz CT molecular complexity index is 1160. The van der Waals surface area contributed by atoms with Crippen molar-refractivity contribution in [1.29, 1.82) is 0 Å². The summed E-state index contributed by atoms with van der Waals surface area (Å²) in [5.41, 5.74) is 4.71. The maximum Gasteiger partial charge on any atom is 0.175 e. The third-order valence-corrected chi connectivity index (χ3v) is 6.97. The van der Waals surface area contributed by atoms with Gasteiger partial charge >= 0.3 is 0 Å². The van der Waals surface area contributed by atoms with E-state index >= 15 is 0 Å². The van der Waals surface area contributed by atoms with Crippen molar-refractivity contribution < 1.29 is 13.2 Å². The highest BCUT2D eigenvalue weighted by molar-refractivity contribution is 7.90. The van der Waals surface area contributed by atoms with Crippen LogP contribution < -0.4 is 15.4 Å².